The number of hydrogen-bond donors (Lipinski definition) is 1. The van der Waals surface area contributed by atoms with Crippen molar-refractivity contribution in [3.05, 3.63) is 0 Å². The Morgan fingerprint density at radius 1 is 1.20 bits per heavy atom. The summed E-state index contributed by atoms with van der Waals surface area (Å²) in [4.78, 5) is 0. The van der Waals surface area contributed by atoms with E-state index < -0.39 is 0 Å². The monoisotopic (exact) mass is 139 g/mol. The first kappa shape index (κ1) is 5.91. The van der Waals surface area contributed by atoms with Crippen LogP contribution in [0, 0.1) is 0 Å². The molecule has 0 saturated carbocycles. The molecular formula is C5H9N5. The number of nitrogens with one attached hydrogen (secondary N) is 1. The van der Waals surface area contributed by atoms with E-state index >= 15 is 0 Å². The van der Waals surface area contributed by atoms with Gasteiger partial charge in [-0.2, -0.15) is 0 Å². The van der Waals surface area contributed by atoms with Gasteiger partial charge in [-0.25, -0.2) is 0 Å². The summed E-state index contributed by atoms with van der Waals surface area (Å²) in [5, 5.41) is 17.9. The molecular weight excluding hydrogens is 130 g/mol. The largest absolute Gasteiger partial charge is 0.310 e. The van der Waals surface area contributed by atoms with Crippen molar-refractivity contribution in [3.8, 4) is 0 Å². The van der Waals surface area contributed by atoms with Crippen LogP contribution in [0.25, 0.3) is 0 Å². The molecule has 54 valence electrons. The molecule has 1 saturated heterocycles. The first-order chi connectivity index (χ1) is 4.97. The van der Waals surface area contributed by atoms with Gasteiger partial charge in [-0.1, -0.05) is 0 Å². The molecule has 0 spiro atoms. The quantitative estimate of drug-likeness (QED) is 0.576. The summed E-state index contributed by atoms with van der Waals surface area (Å²) in [6, 6.07) is 0.384. The maximum atomic E-state index is 3.85. The molecule has 1 fully saturated rings. The molecule has 5 heteroatoms. The summed E-state index contributed by atoms with van der Waals surface area (Å²) in [6.45, 7) is 1.08. The molecule has 0 aromatic rings. The zero-order chi connectivity index (χ0) is 6.81. The van der Waals surface area contributed by atoms with Crippen LogP contribution in [0.2, 0.25) is 0 Å². The minimum Gasteiger partial charge on any atom is -0.310 e. The minimum absolute atomic E-state index is 0.0394. The van der Waals surface area contributed by atoms with E-state index in [9.17, 15) is 0 Å². The van der Waals surface area contributed by atoms with Gasteiger partial charge in [0.15, 0.2) is 0 Å². The van der Waals surface area contributed by atoms with Gasteiger partial charge >= 0.3 is 0 Å². The molecule has 0 radical (unpaired) electrons. The Kier molecular flexibility index (Phi) is 1.43. The molecule has 0 bridgehead atoms. The van der Waals surface area contributed by atoms with Crippen LogP contribution in [0.3, 0.4) is 0 Å². The third kappa shape index (κ3) is 0.923. The predicted molar refractivity (Wildman–Crippen MR) is 34.5 cm³/mol. The van der Waals surface area contributed by atoms with Crippen LogP contribution in [0.4, 0.5) is 0 Å². The Balaban J connectivity index is 1.98. The van der Waals surface area contributed by atoms with Gasteiger partial charge in [0.25, 0.3) is 0 Å². The van der Waals surface area contributed by atoms with Gasteiger partial charge < -0.3 is 5.32 Å². The Morgan fingerprint density at radius 2 is 2.00 bits per heavy atom. The summed E-state index contributed by atoms with van der Waals surface area (Å²) in [5.74, 6) is 0. The molecule has 0 amide bonds. The van der Waals surface area contributed by atoms with E-state index in [1.165, 1.54) is 6.42 Å². The van der Waals surface area contributed by atoms with Crippen LogP contribution in [0.5, 0.6) is 0 Å². The van der Waals surface area contributed by atoms with Crippen molar-refractivity contribution >= 4 is 0 Å². The van der Waals surface area contributed by atoms with E-state index in [1.807, 2.05) is 0 Å². The highest BCUT2D eigenvalue weighted by Gasteiger charge is 2.25. The molecule has 5 nitrogen and oxygen atoms in total. The second-order valence-corrected chi connectivity index (χ2v) is 2.53. The zero-order valence-electron chi connectivity index (χ0n) is 5.56. The average Bonchev–Trinajstić information content (AvgIpc) is 2.59. The van der Waals surface area contributed by atoms with Crippen molar-refractivity contribution in [2.75, 3.05) is 6.54 Å². The fourth-order valence-corrected chi connectivity index (χ4v) is 1.30. The van der Waals surface area contributed by atoms with E-state index in [-0.39, 0.29) is 6.17 Å². The van der Waals surface area contributed by atoms with E-state index in [0.717, 1.165) is 13.0 Å². The van der Waals surface area contributed by atoms with Gasteiger partial charge in [-0.15, -0.1) is 10.2 Å². The van der Waals surface area contributed by atoms with Crippen LogP contribution in [0.15, 0.2) is 20.7 Å². The summed E-state index contributed by atoms with van der Waals surface area (Å²) in [7, 11) is 0. The van der Waals surface area contributed by atoms with Crippen molar-refractivity contribution < 1.29 is 0 Å². The second kappa shape index (κ2) is 2.42. The number of rotatable bonds is 1. The number of nitrogens with zero attached hydrogens (tertiary/aromatic N) is 4. The predicted octanol–water partition coefficient (Wildman–Crippen LogP) is 0.897. The van der Waals surface area contributed by atoms with Crippen molar-refractivity contribution in [2.45, 2.75) is 25.0 Å². The lowest BCUT2D eigenvalue weighted by Crippen LogP contribution is -2.31. The molecule has 0 aromatic carbocycles. The maximum absolute atomic E-state index is 3.85. The molecule has 0 aliphatic carbocycles. The van der Waals surface area contributed by atoms with E-state index in [4.69, 9.17) is 0 Å². The Morgan fingerprint density at radius 3 is 2.60 bits per heavy atom. The molecule has 0 aromatic heterocycles. The SMILES string of the molecule is C1CNC(C2N=NN=N2)C1. The Labute approximate surface area is 58.6 Å². The highest BCUT2D eigenvalue weighted by molar-refractivity contribution is 4.84. The van der Waals surface area contributed by atoms with Gasteiger partial charge in [-0.05, 0) is 29.8 Å². The molecule has 2 rings (SSSR count). The molecule has 2 aliphatic rings. The Hall–Kier alpha value is -0.840. The summed E-state index contributed by atoms with van der Waals surface area (Å²) < 4.78 is 0. The van der Waals surface area contributed by atoms with Gasteiger partial charge in [0.05, 0.1) is 6.04 Å². The normalized spacial score (nSPS) is 32.2. The fraction of sp³-hybridized carbons (Fsp3) is 1.00. The van der Waals surface area contributed by atoms with Crippen molar-refractivity contribution in [3.63, 3.8) is 0 Å². The lowest BCUT2D eigenvalue weighted by molar-refractivity contribution is 0.496. The van der Waals surface area contributed by atoms with E-state index in [0.29, 0.717) is 6.04 Å². The van der Waals surface area contributed by atoms with E-state index in [1.54, 1.807) is 0 Å². The first-order valence-corrected chi connectivity index (χ1v) is 3.50. The van der Waals surface area contributed by atoms with Crippen LogP contribution < -0.4 is 5.32 Å². The van der Waals surface area contributed by atoms with Crippen LogP contribution in [0.1, 0.15) is 12.8 Å². The van der Waals surface area contributed by atoms with Gasteiger partial charge in [0.2, 0.25) is 6.17 Å². The van der Waals surface area contributed by atoms with Gasteiger partial charge in [0, 0.05) is 0 Å². The third-order valence-electron chi connectivity index (χ3n) is 1.84. The molecule has 2 aliphatic heterocycles. The van der Waals surface area contributed by atoms with E-state index in [2.05, 4.69) is 26.0 Å². The fourth-order valence-electron chi connectivity index (χ4n) is 1.30. The topological polar surface area (TPSA) is 61.5 Å². The minimum atomic E-state index is -0.0394. The lowest BCUT2D eigenvalue weighted by Gasteiger charge is -2.08. The third-order valence-corrected chi connectivity index (χ3v) is 1.84. The number of hydrogen-bond acceptors (Lipinski definition) is 5. The van der Waals surface area contributed by atoms with Crippen molar-refractivity contribution in [1.29, 1.82) is 0 Å². The molecule has 1 N–H and O–H groups in total. The standard InChI is InChI=1S/C5H9N5/c1-2-4(6-3-1)5-7-9-10-8-5/h4-6H,1-3H2. The molecule has 1 atom stereocenters. The molecule has 1 unspecified atom stereocenters. The highest BCUT2D eigenvalue weighted by atomic mass is 15.6. The van der Waals surface area contributed by atoms with Crippen LogP contribution >= 0.6 is 0 Å². The molecule has 2 heterocycles. The van der Waals surface area contributed by atoms with Gasteiger partial charge in [-0.3, -0.25) is 0 Å². The highest BCUT2D eigenvalue weighted by Crippen LogP contribution is 2.16. The first-order valence-electron chi connectivity index (χ1n) is 3.50. The zero-order valence-corrected chi connectivity index (χ0v) is 5.56. The van der Waals surface area contributed by atoms with Crippen molar-refractivity contribution in [2.24, 2.45) is 20.7 Å². The summed E-state index contributed by atoms with van der Waals surface area (Å²) in [6.07, 6.45) is 2.32. The smallest absolute Gasteiger partial charge is 0.200 e. The Bertz CT molecular complexity index is 157. The van der Waals surface area contributed by atoms with Crippen molar-refractivity contribution in [1.82, 2.24) is 5.32 Å². The second-order valence-electron chi connectivity index (χ2n) is 2.53. The molecule has 10 heavy (non-hydrogen) atoms. The van der Waals surface area contributed by atoms with Crippen LogP contribution in [-0.2, 0) is 0 Å². The van der Waals surface area contributed by atoms with Crippen LogP contribution in [-0.4, -0.2) is 18.8 Å². The lowest BCUT2D eigenvalue weighted by atomic mass is 10.2. The summed E-state index contributed by atoms with van der Waals surface area (Å²) in [5.41, 5.74) is 0. The average molecular weight is 139 g/mol. The van der Waals surface area contributed by atoms with Gasteiger partial charge in [0.1, 0.15) is 0 Å². The summed E-state index contributed by atoms with van der Waals surface area (Å²) >= 11 is 0. The maximum Gasteiger partial charge on any atom is 0.200 e.